The van der Waals surface area contributed by atoms with E-state index in [2.05, 4.69) is 15.3 Å². The Morgan fingerprint density at radius 1 is 0.761 bits per heavy atom. The van der Waals surface area contributed by atoms with Crippen molar-refractivity contribution >= 4 is 29.4 Å². The molecule has 0 radical (unpaired) electrons. The molecule has 0 aliphatic heterocycles. The third-order valence-corrected chi connectivity index (χ3v) is 6.32. The summed E-state index contributed by atoms with van der Waals surface area (Å²) < 4.78 is 22.2. The smallest absolute Gasteiger partial charge is 0.434 e. The van der Waals surface area contributed by atoms with Crippen molar-refractivity contribution in [3.8, 4) is 11.6 Å². The Morgan fingerprint density at radius 2 is 1.33 bits per heavy atom. The number of aliphatic imine (C=N–C) groups is 1. The third-order valence-electron chi connectivity index (χ3n) is 6.32. The molecule has 0 fully saturated rings. The highest BCUT2D eigenvalue weighted by atomic mass is 16.6. The predicted molar refractivity (Wildman–Crippen MR) is 181 cm³/mol. The molecule has 1 aromatic carbocycles. The molecule has 0 atom stereocenters. The van der Waals surface area contributed by atoms with E-state index in [0.29, 0.717) is 36.8 Å². The van der Waals surface area contributed by atoms with Gasteiger partial charge in [0.25, 0.3) is 0 Å². The van der Waals surface area contributed by atoms with Crippen molar-refractivity contribution < 1.29 is 28.5 Å². The summed E-state index contributed by atoms with van der Waals surface area (Å²) in [4.78, 5) is 32.8. The van der Waals surface area contributed by atoms with Gasteiger partial charge in [0, 0.05) is 29.3 Å². The van der Waals surface area contributed by atoms with E-state index in [1.807, 2.05) is 45.0 Å². The van der Waals surface area contributed by atoms with E-state index in [1.165, 1.54) is 6.20 Å². The molecule has 2 aromatic rings. The lowest BCUT2D eigenvalue weighted by Gasteiger charge is -2.19. The predicted octanol–water partition coefficient (Wildman–Crippen LogP) is 8.27. The zero-order valence-corrected chi connectivity index (χ0v) is 28.5. The lowest BCUT2D eigenvalue weighted by Crippen LogP contribution is -2.36. The molecule has 0 aliphatic carbocycles. The average molecular weight is 638 g/mol. The summed E-state index contributed by atoms with van der Waals surface area (Å²) in [5, 5.41) is 18.1. The summed E-state index contributed by atoms with van der Waals surface area (Å²) in [5.74, 6) is 1.12. The van der Waals surface area contributed by atoms with Gasteiger partial charge in [-0.05, 0) is 136 Å². The van der Waals surface area contributed by atoms with E-state index in [9.17, 15) is 9.59 Å². The molecule has 11 nitrogen and oxygen atoms in total. The number of ether oxygens (including phenoxy) is 4. The van der Waals surface area contributed by atoms with Gasteiger partial charge >= 0.3 is 12.2 Å². The Balaban J connectivity index is 1.73. The van der Waals surface area contributed by atoms with E-state index in [4.69, 9.17) is 29.8 Å². The first-order chi connectivity index (χ1) is 21.6. The van der Waals surface area contributed by atoms with Gasteiger partial charge in [0.1, 0.15) is 22.8 Å². The molecule has 1 aromatic heterocycles. The van der Waals surface area contributed by atoms with Crippen molar-refractivity contribution in [2.75, 3.05) is 13.2 Å². The van der Waals surface area contributed by atoms with Crippen LogP contribution in [0.4, 0.5) is 9.59 Å². The van der Waals surface area contributed by atoms with E-state index in [1.54, 1.807) is 39.8 Å². The molecular weight excluding hydrogens is 586 g/mol. The topological polar surface area (TPSA) is 156 Å². The molecular formula is C35H51N5O6. The Morgan fingerprint density at radius 3 is 1.85 bits per heavy atom. The van der Waals surface area contributed by atoms with Gasteiger partial charge in [0.2, 0.25) is 5.88 Å². The molecule has 1 heterocycles. The van der Waals surface area contributed by atoms with Crippen LogP contribution in [0.2, 0.25) is 0 Å². The van der Waals surface area contributed by atoms with Gasteiger partial charge in [-0.25, -0.2) is 14.6 Å². The van der Waals surface area contributed by atoms with Gasteiger partial charge in [0.05, 0.1) is 13.2 Å². The monoisotopic (exact) mass is 637 g/mol. The fourth-order valence-corrected chi connectivity index (χ4v) is 4.13. The number of carbonyl (C=O) groups excluding carboxylic acids is 2. The average Bonchev–Trinajstić information content (AvgIpc) is 2.94. The van der Waals surface area contributed by atoms with Gasteiger partial charge in [-0.1, -0.05) is 0 Å². The van der Waals surface area contributed by atoms with Gasteiger partial charge in [-0.2, -0.15) is 4.99 Å². The number of unbranched alkanes of at least 4 members (excludes halogenated alkanes) is 4. The van der Waals surface area contributed by atoms with Crippen LogP contribution in [-0.2, 0) is 9.47 Å². The molecule has 0 spiro atoms. The summed E-state index contributed by atoms with van der Waals surface area (Å²) >= 11 is 0. The Kier molecular flexibility index (Phi) is 15.4. The highest BCUT2D eigenvalue weighted by Crippen LogP contribution is 2.16. The third kappa shape index (κ3) is 16.7. The standard InChI is InChI=1S/C35H51N5O6/c1-25(36)26-16-19-29(20-17-26)43-22-12-8-10-14-28(39-32(41)45-34(2,3)4)15-11-9-13-23-44-30-21-18-27(24-38-30)31(37)40-33(42)46-35(5,6)7/h16-21,24,36H,8-15,22-23H2,1-7H3,(H2,37,40,42)/b36-25?,39-28-. The number of nitrogens with one attached hydrogen (secondary N) is 3. The fourth-order valence-electron chi connectivity index (χ4n) is 4.13. The number of alkyl carbamates (subject to hydrolysis) is 1. The second kappa shape index (κ2) is 18.6. The zero-order valence-electron chi connectivity index (χ0n) is 28.5. The normalized spacial score (nSPS) is 11.8. The first-order valence-electron chi connectivity index (χ1n) is 15.9. The molecule has 0 saturated heterocycles. The van der Waals surface area contributed by atoms with Crippen LogP contribution in [-0.4, -0.2) is 58.8 Å². The van der Waals surface area contributed by atoms with Gasteiger partial charge < -0.3 is 24.4 Å². The Labute approximate surface area is 273 Å². The summed E-state index contributed by atoms with van der Waals surface area (Å²) in [6, 6.07) is 10.9. The number of pyridine rings is 1. The molecule has 2 amide bonds. The molecule has 11 heteroatoms. The highest BCUT2D eigenvalue weighted by Gasteiger charge is 2.18. The van der Waals surface area contributed by atoms with Crippen molar-refractivity contribution in [3.63, 3.8) is 0 Å². The van der Waals surface area contributed by atoms with Crippen molar-refractivity contribution in [3.05, 3.63) is 53.7 Å². The van der Waals surface area contributed by atoms with Gasteiger partial charge in [-0.15, -0.1) is 0 Å². The first kappa shape index (κ1) is 37.9. The molecule has 0 unspecified atom stereocenters. The van der Waals surface area contributed by atoms with E-state index in [-0.39, 0.29) is 5.84 Å². The molecule has 0 bridgehead atoms. The molecule has 252 valence electrons. The van der Waals surface area contributed by atoms with Gasteiger partial charge in [0.15, 0.2) is 0 Å². The number of rotatable bonds is 16. The maximum absolute atomic E-state index is 12.4. The molecule has 0 aliphatic rings. The second-order valence-corrected chi connectivity index (χ2v) is 13.0. The van der Waals surface area contributed by atoms with Crippen LogP contribution in [0.15, 0.2) is 47.6 Å². The SMILES string of the molecule is CC(=N)c1ccc(OCCCCC/C(CCCCCOc2ccc(C(=N)NC(=O)OC(C)(C)C)cn2)=N/C(=O)OC(C)(C)C)cc1. The summed E-state index contributed by atoms with van der Waals surface area (Å²) in [6.45, 7) is 13.6. The number of carbonyl (C=O) groups is 2. The van der Waals surface area contributed by atoms with Crippen LogP contribution in [0.5, 0.6) is 11.6 Å². The number of amidine groups is 1. The minimum absolute atomic E-state index is 0.105. The maximum atomic E-state index is 12.4. The quantitative estimate of drug-likeness (QED) is 0.0950. The maximum Gasteiger partial charge on any atom is 0.434 e. The van der Waals surface area contributed by atoms with Crippen LogP contribution in [0, 0.1) is 10.8 Å². The fraction of sp³-hybridized carbons (Fsp3) is 0.543. The van der Waals surface area contributed by atoms with Crippen LogP contribution in [0.25, 0.3) is 0 Å². The number of amides is 2. The van der Waals surface area contributed by atoms with Crippen molar-refractivity contribution in [1.29, 1.82) is 10.8 Å². The molecule has 0 saturated carbocycles. The minimum atomic E-state index is -0.694. The highest BCUT2D eigenvalue weighted by molar-refractivity contribution is 6.04. The molecule has 2 rings (SSSR count). The van der Waals surface area contributed by atoms with E-state index in [0.717, 1.165) is 62.0 Å². The Bertz CT molecular complexity index is 1310. The van der Waals surface area contributed by atoms with Crippen molar-refractivity contribution in [1.82, 2.24) is 10.3 Å². The molecule has 46 heavy (non-hydrogen) atoms. The lowest BCUT2D eigenvalue weighted by molar-refractivity contribution is 0.0560. The van der Waals surface area contributed by atoms with E-state index < -0.39 is 23.4 Å². The van der Waals surface area contributed by atoms with Crippen molar-refractivity contribution in [2.24, 2.45) is 4.99 Å². The van der Waals surface area contributed by atoms with Crippen LogP contribution < -0.4 is 14.8 Å². The number of nitrogens with zero attached hydrogens (tertiary/aromatic N) is 2. The van der Waals surface area contributed by atoms with Crippen molar-refractivity contribution in [2.45, 2.75) is 111 Å². The van der Waals surface area contributed by atoms with Crippen LogP contribution in [0.1, 0.15) is 111 Å². The first-order valence-corrected chi connectivity index (χ1v) is 15.9. The summed E-state index contributed by atoms with van der Waals surface area (Å²) in [5.41, 5.74) is 1.43. The van der Waals surface area contributed by atoms with Crippen LogP contribution >= 0.6 is 0 Å². The number of benzene rings is 1. The zero-order chi connectivity index (χ0) is 34.2. The Hall–Kier alpha value is -4.28. The summed E-state index contributed by atoms with van der Waals surface area (Å²) in [6.07, 6.45) is 6.92. The minimum Gasteiger partial charge on any atom is -0.494 e. The largest absolute Gasteiger partial charge is 0.494 e. The summed E-state index contributed by atoms with van der Waals surface area (Å²) in [7, 11) is 0. The molecule has 3 N–H and O–H groups in total. The second-order valence-electron chi connectivity index (χ2n) is 13.0. The lowest BCUT2D eigenvalue weighted by atomic mass is 10.0. The van der Waals surface area contributed by atoms with Gasteiger partial charge in [-0.3, -0.25) is 10.7 Å². The van der Waals surface area contributed by atoms with E-state index >= 15 is 0 Å². The number of hydrogen-bond donors (Lipinski definition) is 3. The number of aromatic nitrogens is 1. The number of hydrogen-bond acceptors (Lipinski definition) is 9. The van der Waals surface area contributed by atoms with Crippen LogP contribution in [0.3, 0.4) is 0 Å².